The molecule has 1 unspecified atom stereocenters. The van der Waals surface area contributed by atoms with Crippen LogP contribution in [0.5, 0.6) is 11.5 Å². The van der Waals surface area contributed by atoms with Crippen LogP contribution in [0.25, 0.3) is 0 Å². The van der Waals surface area contributed by atoms with Crippen LogP contribution < -0.4 is 14.8 Å². The van der Waals surface area contributed by atoms with Gasteiger partial charge in [-0.05, 0) is 62.7 Å². The van der Waals surface area contributed by atoms with Crippen molar-refractivity contribution in [2.24, 2.45) is 0 Å². The van der Waals surface area contributed by atoms with Crippen molar-refractivity contribution in [1.82, 2.24) is 10.2 Å². The summed E-state index contributed by atoms with van der Waals surface area (Å²) in [6.07, 6.45) is 0. The van der Waals surface area contributed by atoms with Gasteiger partial charge in [0.05, 0.1) is 19.8 Å². The monoisotopic (exact) mass is 428 g/mol. The van der Waals surface area contributed by atoms with Gasteiger partial charge in [-0.25, -0.2) is 0 Å². The number of hydrogen-bond donors (Lipinski definition) is 1. The molecule has 2 rings (SSSR count). The number of rotatable bonds is 12. The van der Waals surface area contributed by atoms with E-state index < -0.39 is 0 Å². The van der Waals surface area contributed by atoms with Gasteiger partial charge in [0.25, 0.3) is 5.91 Å². The number of ether oxygens (including phenoxy) is 3. The first kappa shape index (κ1) is 24.7. The van der Waals surface area contributed by atoms with E-state index >= 15 is 0 Å². The van der Waals surface area contributed by atoms with Gasteiger partial charge in [0.1, 0.15) is 6.61 Å². The lowest BCUT2D eigenvalue weighted by Gasteiger charge is -2.24. The van der Waals surface area contributed by atoms with E-state index in [1.54, 1.807) is 14.2 Å². The summed E-state index contributed by atoms with van der Waals surface area (Å²) in [4.78, 5) is 15.1. The topological polar surface area (TPSA) is 60.0 Å². The summed E-state index contributed by atoms with van der Waals surface area (Å²) in [6.45, 7) is 11.3. The Morgan fingerprint density at radius 1 is 1.00 bits per heavy atom. The molecule has 1 amide bonds. The Bertz CT molecular complexity index is 821. The highest BCUT2D eigenvalue weighted by Crippen LogP contribution is 2.30. The SMILES string of the molecule is CCN(Cc1ccc(C(=O)NC(C)c2ccc(OCCOC)c(OC)c2)cc1)C(C)C. The quantitative estimate of drug-likeness (QED) is 0.507. The molecule has 6 nitrogen and oxygen atoms in total. The Hall–Kier alpha value is -2.57. The lowest BCUT2D eigenvalue weighted by Crippen LogP contribution is -2.30. The van der Waals surface area contributed by atoms with E-state index in [0.29, 0.717) is 36.3 Å². The second kappa shape index (κ2) is 12.3. The molecule has 0 aromatic heterocycles. The maximum Gasteiger partial charge on any atom is 0.251 e. The smallest absolute Gasteiger partial charge is 0.251 e. The zero-order valence-corrected chi connectivity index (χ0v) is 19.6. The van der Waals surface area contributed by atoms with Gasteiger partial charge in [-0.2, -0.15) is 0 Å². The van der Waals surface area contributed by atoms with Gasteiger partial charge in [0.15, 0.2) is 11.5 Å². The minimum absolute atomic E-state index is 0.102. The van der Waals surface area contributed by atoms with Crippen LogP contribution >= 0.6 is 0 Å². The van der Waals surface area contributed by atoms with Crippen molar-refractivity contribution in [3.05, 3.63) is 59.2 Å². The lowest BCUT2D eigenvalue weighted by molar-refractivity contribution is 0.0939. The molecule has 170 valence electrons. The summed E-state index contributed by atoms with van der Waals surface area (Å²) in [5.74, 6) is 1.18. The second-order valence-electron chi connectivity index (χ2n) is 7.80. The van der Waals surface area contributed by atoms with Gasteiger partial charge in [0.2, 0.25) is 0 Å². The van der Waals surface area contributed by atoms with Crippen LogP contribution in [0.1, 0.15) is 55.2 Å². The number of amides is 1. The van der Waals surface area contributed by atoms with Crippen LogP contribution in [-0.2, 0) is 11.3 Å². The first-order valence-corrected chi connectivity index (χ1v) is 10.8. The first-order valence-electron chi connectivity index (χ1n) is 10.8. The van der Waals surface area contributed by atoms with E-state index in [4.69, 9.17) is 14.2 Å². The molecule has 0 spiro atoms. The molecular formula is C25H36N2O4. The van der Waals surface area contributed by atoms with Gasteiger partial charge in [-0.15, -0.1) is 0 Å². The molecule has 0 radical (unpaired) electrons. The predicted molar refractivity (Wildman–Crippen MR) is 124 cm³/mol. The Kier molecular flexibility index (Phi) is 9.82. The fourth-order valence-electron chi connectivity index (χ4n) is 3.33. The maximum absolute atomic E-state index is 12.7. The van der Waals surface area contributed by atoms with E-state index in [0.717, 1.165) is 18.7 Å². The van der Waals surface area contributed by atoms with E-state index in [9.17, 15) is 4.79 Å². The van der Waals surface area contributed by atoms with E-state index in [2.05, 4.69) is 31.0 Å². The summed E-state index contributed by atoms with van der Waals surface area (Å²) in [5.41, 5.74) is 2.79. The fourth-order valence-corrected chi connectivity index (χ4v) is 3.33. The highest BCUT2D eigenvalue weighted by molar-refractivity contribution is 5.94. The number of hydrogen-bond acceptors (Lipinski definition) is 5. The first-order chi connectivity index (χ1) is 14.9. The summed E-state index contributed by atoms with van der Waals surface area (Å²) in [5, 5.41) is 3.06. The summed E-state index contributed by atoms with van der Waals surface area (Å²) >= 11 is 0. The van der Waals surface area contributed by atoms with E-state index in [-0.39, 0.29) is 11.9 Å². The summed E-state index contributed by atoms with van der Waals surface area (Å²) in [7, 11) is 3.24. The largest absolute Gasteiger partial charge is 0.493 e. The van der Waals surface area contributed by atoms with Crippen molar-refractivity contribution in [3.8, 4) is 11.5 Å². The average Bonchev–Trinajstić information content (AvgIpc) is 2.77. The fraction of sp³-hybridized carbons (Fsp3) is 0.480. The molecule has 0 heterocycles. The predicted octanol–water partition coefficient (Wildman–Crippen LogP) is 4.44. The average molecular weight is 429 g/mol. The molecule has 0 saturated heterocycles. The summed E-state index contributed by atoms with van der Waals surface area (Å²) < 4.78 is 16.1. The standard InChI is InChI=1S/C25H36N2O4/c1-7-27(18(2)3)17-20-8-10-21(11-9-20)25(28)26-19(4)22-12-13-23(24(16-22)30-6)31-15-14-29-5/h8-13,16,18-19H,7,14-15,17H2,1-6H3,(H,26,28). The molecule has 0 bridgehead atoms. The second-order valence-corrected chi connectivity index (χ2v) is 7.80. The molecule has 2 aromatic rings. The molecule has 31 heavy (non-hydrogen) atoms. The maximum atomic E-state index is 12.7. The Labute approximate surface area is 186 Å². The van der Waals surface area contributed by atoms with Crippen LogP contribution in [0.2, 0.25) is 0 Å². The van der Waals surface area contributed by atoms with Crippen molar-refractivity contribution >= 4 is 5.91 Å². The third-order valence-corrected chi connectivity index (χ3v) is 5.32. The van der Waals surface area contributed by atoms with Crippen LogP contribution in [0.3, 0.4) is 0 Å². The van der Waals surface area contributed by atoms with E-state index in [1.165, 1.54) is 5.56 Å². The molecule has 0 aliphatic rings. The van der Waals surface area contributed by atoms with Crippen molar-refractivity contribution in [3.63, 3.8) is 0 Å². The summed E-state index contributed by atoms with van der Waals surface area (Å²) in [6, 6.07) is 13.8. The number of carbonyl (C=O) groups excluding carboxylic acids is 1. The zero-order valence-electron chi connectivity index (χ0n) is 19.6. The lowest BCUT2D eigenvalue weighted by atomic mass is 10.1. The molecular weight excluding hydrogens is 392 g/mol. The highest BCUT2D eigenvalue weighted by Gasteiger charge is 2.15. The number of nitrogens with one attached hydrogen (secondary N) is 1. The molecule has 0 saturated carbocycles. The molecule has 1 N–H and O–H groups in total. The molecule has 2 aromatic carbocycles. The van der Waals surface area contributed by atoms with Crippen LogP contribution in [-0.4, -0.2) is 50.8 Å². The number of benzene rings is 2. The number of methoxy groups -OCH3 is 2. The van der Waals surface area contributed by atoms with Crippen LogP contribution in [0.15, 0.2) is 42.5 Å². The number of nitrogens with zero attached hydrogens (tertiary/aromatic N) is 1. The van der Waals surface area contributed by atoms with Gasteiger partial charge >= 0.3 is 0 Å². The molecule has 0 aliphatic heterocycles. The van der Waals surface area contributed by atoms with Gasteiger partial charge in [0, 0.05) is 25.3 Å². The molecule has 0 fully saturated rings. The van der Waals surface area contributed by atoms with Gasteiger partial charge in [-0.3, -0.25) is 9.69 Å². The van der Waals surface area contributed by atoms with Crippen LogP contribution in [0, 0.1) is 0 Å². The number of carbonyl (C=O) groups is 1. The van der Waals surface area contributed by atoms with Crippen LogP contribution in [0.4, 0.5) is 0 Å². The Morgan fingerprint density at radius 3 is 2.29 bits per heavy atom. The van der Waals surface area contributed by atoms with Crippen molar-refractivity contribution < 1.29 is 19.0 Å². The normalized spacial score (nSPS) is 12.1. The Morgan fingerprint density at radius 2 is 1.71 bits per heavy atom. The van der Waals surface area contributed by atoms with Crippen molar-refractivity contribution in [2.45, 2.75) is 46.3 Å². The molecule has 6 heteroatoms. The zero-order chi connectivity index (χ0) is 22.8. The molecule has 0 aliphatic carbocycles. The minimum atomic E-state index is -0.175. The molecule has 1 atom stereocenters. The van der Waals surface area contributed by atoms with Gasteiger partial charge in [-0.1, -0.05) is 25.1 Å². The highest BCUT2D eigenvalue weighted by atomic mass is 16.5. The Balaban J connectivity index is 2.01. The third kappa shape index (κ3) is 7.26. The van der Waals surface area contributed by atoms with Crippen molar-refractivity contribution in [1.29, 1.82) is 0 Å². The third-order valence-electron chi connectivity index (χ3n) is 5.32. The van der Waals surface area contributed by atoms with Crippen molar-refractivity contribution in [2.75, 3.05) is 34.0 Å². The van der Waals surface area contributed by atoms with Gasteiger partial charge < -0.3 is 19.5 Å². The van der Waals surface area contributed by atoms with E-state index in [1.807, 2.05) is 49.4 Å². The minimum Gasteiger partial charge on any atom is -0.493 e.